The van der Waals surface area contributed by atoms with Gasteiger partial charge in [-0.25, -0.2) is 0 Å². The SMILES string of the molecule is Cc1ccc(S(=O)(=O)O)cc1.OCC(F)(F)C(F)(F)C(F)(F)CO. The molecule has 0 unspecified atom stereocenters. The summed E-state index contributed by atoms with van der Waals surface area (Å²) in [5, 5.41) is 15.5. The third kappa shape index (κ3) is 5.33. The summed E-state index contributed by atoms with van der Waals surface area (Å²) in [4.78, 5) is -0.0666. The molecule has 0 heterocycles. The molecule has 0 aliphatic carbocycles. The number of aliphatic hydroxyl groups is 2. The van der Waals surface area contributed by atoms with Crippen LogP contribution in [0.25, 0.3) is 0 Å². The maximum Gasteiger partial charge on any atom is 0.376 e. The van der Waals surface area contributed by atoms with Crippen molar-refractivity contribution in [3.05, 3.63) is 29.8 Å². The van der Waals surface area contributed by atoms with Gasteiger partial charge in [0, 0.05) is 0 Å². The van der Waals surface area contributed by atoms with Gasteiger partial charge in [0.05, 0.1) is 4.90 Å². The Kier molecular flexibility index (Phi) is 7.24. The topological polar surface area (TPSA) is 94.8 Å². The van der Waals surface area contributed by atoms with Crippen molar-refractivity contribution in [3.8, 4) is 0 Å². The van der Waals surface area contributed by atoms with Crippen LogP contribution in [0.4, 0.5) is 26.3 Å². The number of alkyl halides is 6. The lowest BCUT2D eigenvalue weighted by Crippen LogP contribution is -2.57. The van der Waals surface area contributed by atoms with E-state index < -0.39 is 41.1 Å². The van der Waals surface area contributed by atoms with E-state index in [1.165, 1.54) is 12.1 Å². The van der Waals surface area contributed by atoms with Crippen molar-refractivity contribution in [3.63, 3.8) is 0 Å². The van der Waals surface area contributed by atoms with E-state index in [0.717, 1.165) is 5.56 Å². The maximum atomic E-state index is 12.2. The molecule has 24 heavy (non-hydrogen) atoms. The predicted molar refractivity (Wildman–Crippen MR) is 70.0 cm³/mol. The van der Waals surface area contributed by atoms with Crippen LogP contribution >= 0.6 is 0 Å². The fourth-order valence-electron chi connectivity index (χ4n) is 1.18. The van der Waals surface area contributed by atoms with Crippen molar-refractivity contribution in [1.82, 2.24) is 0 Å². The van der Waals surface area contributed by atoms with Crippen LogP contribution in [-0.4, -0.2) is 54.2 Å². The summed E-state index contributed by atoms with van der Waals surface area (Å²) in [5.74, 6) is -16.3. The summed E-state index contributed by atoms with van der Waals surface area (Å²) in [7, 11) is -4.02. The zero-order valence-electron chi connectivity index (χ0n) is 12.1. The molecular weight excluding hydrogens is 370 g/mol. The van der Waals surface area contributed by atoms with Crippen molar-refractivity contribution >= 4 is 10.1 Å². The molecule has 0 atom stereocenters. The number of halogens is 6. The summed E-state index contributed by atoms with van der Waals surface area (Å²) in [6.07, 6.45) is 0. The minimum atomic E-state index is -5.77. The van der Waals surface area contributed by atoms with Gasteiger partial charge in [-0.3, -0.25) is 4.55 Å². The molecule has 0 spiro atoms. The van der Waals surface area contributed by atoms with Crippen LogP contribution in [0.15, 0.2) is 29.2 Å². The lowest BCUT2D eigenvalue weighted by atomic mass is 10.1. The molecule has 5 nitrogen and oxygen atoms in total. The third-order valence-corrected chi connectivity index (χ3v) is 3.50. The normalized spacial score (nSPS) is 13.2. The smallest absolute Gasteiger partial charge is 0.376 e. The van der Waals surface area contributed by atoms with Crippen molar-refractivity contribution in [2.75, 3.05) is 13.2 Å². The fraction of sp³-hybridized carbons (Fsp3) is 0.500. The number of aliphatic hydroxyl groups excluding tert-OH is 2. The molecular formula is C12H14F6O5S. The highest BCUT2D eigenvalue weighted by Crippen LogP contribution is 2.44. The minimum Gasteiger partial charge on any atom is -0.390 e. The second-order valence-corrected chi connectivity index (χ2v) is 6.01. The molecule has 0 aromatic heterocycles. The standard InChI is InChI=1S/C7H8O3S.C5H6F6O2/c1-6-2-4-7(5-3-6)11(8,9)10;6-3(7,1-12)5(10,11)4(8,9)2-13/h2-5H,1H3,(H,8,9,10);12-13H,1-2H2. The van der Waals surface area contributed by atoms with Crippen molar-refractivity contribution < 1.29 is 49.5 Å². The zero-order valence-corrected chi connectivity index (χ0v) is 12.9. The molecule has 1 aromatic rings. The summed E-state index contributed by atoms with van der Waals surface area (Å²) in [6.45, 7) is -3.00. The Morgan fingerprint density at radius 3 is 1.46 bits per heavy atom. The van der Waals surface area contributed by atoms with Crippen molar-refractivity contribution in [2.45, 2.75) is 29.6 Å². The summed E-state index contributed by atoms with van der Waals surface area (Å²) < 4.78 is 102. The lowest BCUT2D eigenvalue weighted by molar-refractivity contribution is -0.323. The third-order valence-electron chi connectivity index (χ3n) is 2.63. The van der Waals surface area contributed by atoms with Gasteiger partial charge in [0.1, 0.15) is 13.2 Å². The predicted octanol–water partition coefficient (Wildman–Crippen LogP) is 2.12. The van der Waals surface area contributed by atoms with E-state index in [-0.39, 0.29) is 4.90 Å². The Bertz CT molecular complexity index is 612. The first-order valence-electron chi connectivity index (χ1n) is 6.01. The first kappa shape index (κ1) is 22.6. The van der Waals surface area contributed by atoms with Crippen molar-refractivity contribution in [2.24, 2.45) is 0 Å². The van der Waals surface area contributed by atoms with E-state index in [1.807, 2.05) is 6.92 Å². The Hall–Kier alpha value is -1.37. The van der Waals surface area contributed by atoms with Gasteiger partial charge >= 0.3 is 17.8 Å². The van der Waals surface area contributed by atoms with Gasteiger partial charge in [0.15, 0.2) is 0 Å². The highest BCUT2D eigenvalue weighted by atomic mass is 32.2. The molecule has 12 heteroatoms. The van der Waals surface area contributed by atoms with Crippen LogP contribution < -0.4 is 0 Å². The van der Waals surface area contributed by atoms with E-state index in [4.69, 9.17) is 14.8 Å². The van der Waals surface area contributed by atoms with Gasteiger partial charge in [-0.15, -0.1) is 0 Å². The second-order valence-electron chi connectivity index (χ2n) is 4.59. The number of hydrogen-bond donors (Lipinski definition) is 3. The Morgan fingerprint density at radius 1 is 0.875 bits per heavy atom. The quantitative estimate of drug-likeness (QED) is 0.534. The number of aryl methyl sites for hydroxylation is 1. The van der Waals surface area contributed by atoms with E-state index in [0.29, 0.717) is 0 Å². The van der Waals surface area contributed by atoms with E-state index in [9.17, 15) is 34.8 Å². The van der Waals surface area contributed by atoms with Gasteiger partial charge in [0.2, 0.25) is 0 Å². The highest BCUT2D eigenvalue weighted by Gasteiger charge is 2.70. The monoisotopic (exact) mass is 384 g/mol. The Balaban J connectivity index is 0.000000446. The van der Waals surface area contributed by atoms with E-state index in [1.54, 1.807) is 12.1 Å². The molecule has 3 N–H and O–H groups in total. The summed E-state index contributed by atoms with van der Waals surface area (Å²) in [5.41, 5.74) is 0.956. The summed E-state index contributed by atoms with van der Waals surface area (Å²) >= 11 is 0. The van der Waals surface area contributed by atoms with E-state index in [2.05, 4.69) is 0 Å². The molecule has 0 fully saturated rings. The van der Waals surface area contributed by atoms with Crippen molar-refractivity contribution in [1.29, 1.82) is 0 Å². The van der Waals surface area contributed by atoms with E-state index >= 15 is 0 Å². The Morgan fingerprint density at radius 2 is 1.21 bits per heavy atom. The first-order valence-corrected chi connectivity index (χ1v) is 7.45. The molecule has 1 rings (SSSR count). The van der Waals surface area contributed by atoms with Crippen LogP contribution in [0.2, 0.25) is 0 Å². The summed E-state index contributed by atoms with van der Waals surface area (Å²) in [6, 6.07) is 5.99. The minimum absolute atomic E-state index is 0.0666. The van der Waals surface area contributed by atoms with Gasteiger partial charge in [-0.1, -0.05) is 17.7 Å². The number of benzene rings is 1. The van der Waals surface area contributed by atoms with Crippen LogP contribution in [-0.2, 0) is 10.1 Å². The van der Waals surface area contributed by atoms with Crippen LogP contribution in [0.5, 0.6) is 0 Å². The second kappa shape index (κ2) is 7.68. The maximum absolute atomic E-state index is 12.2. The molecule has 0 aliphatic heterocycles. The molecule has 0 saturated heterocycles. The van der Waals surface area contributed by atoms with Crippen LogP contribution in [0.1, 0.15) is 5.56 Å². The lowest BCUT2D eigenvalue weighted by Gasteiger charge is -2.30. The molecule has 1 aromatic carbocycles. The molecule has 0 amide bonds. The van der Waals surface area contributed by atoms with Gasteiger partial charge in [0.25, 0.3) is 10.1 Å². The molecule has 0 aliphatic rings. The molecule has 0 radical (unpaired) electrons. The molecule has 140 valence electrons. The average Bonchev–Trinajstić information content (AvgIpc) is 2.47. The largest absolute Gasteiger partial charge is 0.390 e. The number of hydrogen-bond acceptors (Lipinski definition) is 4. The van der Waals surface area contributed by atoms with Crippen LogP contribution in [0, 0.1) is 6.92 Å². The van der Waals surface area contributed by atoms with Gasteiger partial charge < -0.3 is 10.2 Å². The molecule has 0 bridgehead atoms. The number of rotatable bonds is 5. The Labute approximate surface area is 133 Å². The highest BCUT2D eigenvalue weighted by molar-refractivity contribution is 7.85. The fourth-order valence-corrected chi connectivity index (χ4v) is 1.66. The van der Waals surface area contributed by atoms with Gasteiger partial charge in [-0.2, -0.15) is 34.8 Å². The van der Waals surface area contributed by atoms with Crippen LogP contribution in [0.3, 0.4) is 0 Å². The zero-order chi connectivity index (χ0) is 19.4. The van der Waals surface area contributed by atoms with Gasteiger partial charge in [-0.05, 0) is 19.1 Å². The first-order chi connectivity index (χ1) is 10.6. The molecule has 0 saturated carbocycles. The average molecular weight is 384 g/mol.